The van der Waals surface area contributed by atoms with E-state index in [9.17, 15) is 9.59 Å². The van der Waals surface area contributed by atoms with Crippen LogP contribution in [0.1, 0.15) is 0 Å². The number of hydrogen-bond donors (Lipinski definition) is 0. The lowest BCUT2D eigenvalue weighted by Crippen LogP contribution is -2.51. The molecule has 0 aliphatic carbocycles. The van der Waals surface area contributed by atoms with Crippen LogP contribution in [0.5, 0.6) is 0 Å². The minimum absolute atomic E-state index is 0.0478. The van der Waals surface area contributed by atoms with Crippen molar-refractivity contribution in [1.29, 1.82) is 0 Å². The zero-order chi connectivity index (χ0) is 15.5. The van der Waals surface area contributed by atoms with Gasteiger partial charge >= 0.3 is 0 Å². The van der Waals surface area contributed by atoms with Crippen molar-refractivity contribution in [3.8, 4) is 0 Å². The van der Waals surface area contributed by atoms with Crippen molar-refractivity contribution in [3.63, 3.8) is 0 Å². The van der Waals surface area contributed by atoms with Gasteiger partial charge in [-0.3, -0.25) is 9.59 Å². The minimum Gasteiger partial charge on any atom is -0.368 e. The Kier molecular flexibility index (Phi) is 4.78. The third-order valence-corrected chi connectivity index (χ3v) is 5.17. The summed E-state index contributed by atoms with van der Waals surface area (Å²) in [7, 11) is 0. The van der Waals surface area contributed by atoms with Crippen molar-refractivity contribution in [2.75, 3.05) is 49.3 Å². The topological polar surface area (TPSA) is 43.9 Å². The van der Waals surface area contributed by atoms with Crippen molar-refractivity contribution in [3.05, 3.63) is 29.3 Å². The first-order valence-electron chi connectivity index (χ1n) is 7.27. The zero-order valence-corrected chi connectivity index (χ0v) is 13.8. The van der Waals surface area contributed by atoms with E-state index < -0.39 is 0 Å². The average Bonchev–Trinajstić information content (AvgIpc) is 2.93. The number of nitrogens with zero attached hydrogens (tertiary/aromatic N) is 3. The van der Waals surface area contributed by atoms with E-state index in [1.807, 2.05) is 29.2 Å². The van der Waals surface area contributed by atoms with Crippen LogP contribution >= 0.6 is 23.4 Å². The molecule has 2 heterocycles. The summed E-state index contributed by atoms with van der Waals surface area (Å²) in [6.45, 7) is 3.20. The van der Waals surface area contributed by atoms with Crippen LogP contribution in [0, 0.1) is 0 Å². The van der Waals surface area contributed by atoms with Gasteiger partial charge in [-0.25, -0.2) is 0 Å². The summed E-state index contributed by atoms with van der Waals surface area (Å²) in [4.78, 5) is 29.6. The second kappa shape index (κ2) is 6.79. The first-order valence-corrected chi connectivity index (χ1v) is 8.80. The van der Waals surface area contributed by atoms with Crippen LogP contribution in [-0.4, -0.2) is 66.0 Å². The summed E-state index contributed by atoms with van der Waals surface area (Å²) in [5.41, 5.74) is 1.13. The molecule has 2 fully saturated rings. The van der Waals surface area contributed by atoms with Crippen molar-refractivity contribution >= 4 is 40.9 Å². The molecule has 0 saturated carbocycles. The molecule has 22 heavy (non-hydrogen) atoms. The van der Waals surface area contributed by atoms with Gasteiger partial charge in [0, 0.05) is 36.9 Å². The SMILES string of the molecule is O=C(CN1CSCC1=O)N1CCN(c2ccc(Cl)cc2)CC1. The van der Waals surface area contributed by atoms with E-state index in [1.54, 1.807) is 16.7 Å². The van der Waals surface area contributed by atoms with Gasteiger partial charge in [0.2, 0.25) is 11.8 Å². The maximum atomic E-state index is 12.3. The second-order valence-corrected chi connectivity index (χ2v) is 6.81. The van der Waals surface area contributed by atoms with Crippen LogP contribution in [-0.2, 0) is 9.59 Å². The number of halogens is 1. The molecule has 3 rings (SSSR count). The number of carbonyl (C=O) groups excluding carboxylic acids is 2. The van der Waals surface area contributed by atoms with E-state index in [0.717, 1.165) is 23.8 Å². The van der Waals surface area contributed by atoms with Gasteiger partial charge in [-0.2, -0.15) is 0 Å². The smallest absolute Gasteiger partial charge is 0.242 e. The molecule has 5 nitrogen and oxygen atoms in total. The molecule has 1 aromatic rings. The number of benzene rings is 1. The molecular weight excluding hydrogens is 322 g/mol. The van der Waals surface area contributed by atoms with E-state index in [-0.39, 0.29) is 18.4 Å². The van der Waals surface area contributed by atoms with Gasteiger partial charge in [0.05, 0.1) is 11.6 Å². The predicted octanol–water partition coefficient (Wildman–Crippen LogP) is 1.52. The first-order chi connectivity index (χ1) is 10.6. The van der Waals surface area contributed by atoms with Crippen LogP contribution in [0.2, 0.25) is 5.02 Å². The quantitative estimate of drug-likeness (QED) is 0.837. The minimum atomic E-state index is 0.0478. The number of thioether (sulfide) groups is 1. The standard InChI is InChI=1S/C15H18ClN3O2S/c16-12-1-3-13(4-2-12)17-5-7-18(8-6-17)14(20)9-19-11-22-10-15(19)21/h1-4H,5-11H2. The van der Waals surface area contributed by atoms with Gasteiger partial charge in [0.25, 0.3) is 0 Å². The third kappa shape index (κ3) is 3.50. The molecule has 0 N–H and O–H groups in total. The fourth-order valence-corrected chi connectivity index (χ4v) is 3.70. The Labute approximate surface area is 139 Å². The average molecular weight is 340 g/mol. The highest BCUT2D eigenvalue weighted by molar-refractivity contribution is 8.00. The maximum Gasteiger partial charge on any atom is 0.242 e. The Morgan fingerprint density at radius 3 is 2.41 bits per heavy atom. The molecular formula is C15H18ClN3O2S. The predicted molar refractivity (Wildman–Crippen MR) is 89.3 cm³/mol. The Morgan fingerprint density at radius 1 is 1.14 bits per heavy atom. The molecule has 2 amide bonds. The fourth-order valence-electron chi connectivity index (χ4n) is 2.67. The normalized spacial score (nSPS) is 19.0. The van der Waals surface area contributed by atoms with E-state index in [1.165, 1.54) is 0 Å². The number of carbonyl (C=O) groups is 2. The van der Waals surface area contributed by atoms with Gasteiger partial charge in [0.15, 0.2) is 0 Å². The highest BCUT2D eigenvalue weighted by Crippen LogP contribution is 2.20. The molecule has 0 spiro atoms. The zero-order valence-electron chi connectivity index (χ0n) is 12.2. The highest BCUT2D eigenvalue weighted by Gasteiger charge is 2.27. The lowest BCUT2D eigenvalue weighted by atomic mass is 10.2. The fraction of sp³-hybridized carbons (Fsp3) is 0.467. The van der Waals surface area contributed by atoms with Crippen molar-refractivity contribution in [2.45, 2.75) is 0 Å². The molecule has 0 radical (unpaired) electrons. The van der Waals surface area contributed by atoms with Gasteiger partial charge in [-0.05, 0) is 24.3 Å². The van der Waals surface area contributed by atoms with Crippen molar-refractivity contribution in [2.24, 2.45) is 0 Å². The Balaban J connectivity index is 1.51. The maximum absolute atomic E-state index is 12.3. The largest absolute Gasteiger partial charge is 0.368 e. The van der Waals surface area contributed by atoms with Gasteiger partial charge in [-0.1, -0.05) is 11.6 Å². The van der Waals surface area contributed by atoms with Crippen LogP contribution < -0.4 is 4.90 Å². The Hall–Kier alpha value is -1.40. The number of amides is 2. The first kappa shape index (κ1) is 15.5. The van der Waals surface area contributed by atoms with Crippen LogP contribution in [0.4, 0.5) is 5.69 Å². The van der Waals surface area contributed by atoms with E-state index in [0.29, 0.717) is 24.7 Å². The van der Waals surface area contributed by atoms with Crippen LogP contribution in [0.15, 0.2) is 24.3 Å². The molecule has 2 aliphatic rings. The second-order valence-electron chi connectivity index (χ2n) is 5.41. The number of hydrogen-bond acceptors (Lipinski definition) is 4. The van der Waals surface area contributed by atoms with E-state index in [2.05, 4.69) is 4.90 Å². The van der Waals surface area contributed by atoms with Crippen LogP contribution in [0.3, 0.4) is 0 Å². The lowest BCUT2D eigenvalue weighted by molar-refractivity contribution is -0.138. The summed E-state index contributed by atoms with van der Waals surface area (Å²) in [6.07, 6.45) is 0. The monoisotopic (exact) mass is 339 g/mol. The van der Waals surface area contributed by atoms with Crippen molar-refractivity contribution < 1.29 is 9.59 Å². The lowest BCUT2D eigenvalue weighted by Gasteiger charge is -2.36. The molecule has 2 saturated heterocycles. The number of anilines is 1. The van der Waals surface area contributed by atoms with Gasteiger partial charge in [0.1, 0.15) is 6.54 Å². The summed E-state index contributed by atoms with van der Waals surface area (Å²) in [6, 6.07) is 7.76. The summed E-state index contributed by atoms with van der Waals surface area (Å²) in [5, 5.41) is 0.728. The van der Waals surface area contributed by atoms with Crippen LogP contribution in [0.25, 0.3) is 0 Å². The summed E-state index contributed by atoms with van der Waals surface area (Å²) < 4.78 is 0. The molecule has 118 valence electrons. The number of rotatable bonds is 3. The molecule has 2 aliphatic heterocycles. The van der Waals surface area contributed by atoms with E-state index >= 15 is 0 Å². The highest BCUT2D eigenvalue weighted by atomic mass is 35.5. The molecule has 0 atom stereocenters. The Morgan fingerprint density at radius 2 is 1.82 bits per heavy atom. The third-order valence-electron chi connectivity index (χ3n) is 3.98. The molecule has 7 heteroatoms. The van der Waals surface area contributed by atoms with E-state index in [4.69, 9.17) is 11.6 Å². The molecule has 0 aromatic heterocycles. The molecule has 0 unspecified atom stereocenters. The summed E-state index contributed by atoms with van der Waals surface area (Å²) >= 11 is 7.47. The Bertz CT molecular complexity index is 558. The molecule has 0 bridgehead atoms. The molecule has 1 aromatic carbocycles. The summed E-state index contributed by atoms with van der Waals surface area (Å²) in [5.74, 6) is 1.25. The van der Waals surface area contributed by atoms with Gasteiger partial charge in [-0.15, -0.1) is 11.8 Å². The number of piperazine rings is 1. The van der Waals surface area contributed by atoms with Crippen molar-refractivity contribution in [1.82, 2.24) is 9.80 Å². The van der Waals surface area contributed by atoms with Gasteiger partial charge < -0.3 is 14.7 Å².